The second-order valence-corrected chi connectivity index (χ2v) is 6.97. The number of carboxylic acid groups (broad SMARTS) is 1. The predicted molar refractivity (Wildman–Crippen MR) is 69.5 cm³/mol. The van der Waals surface area contributed by atoms with Gasteiger partial charge in [-0.05, 0) is 50.4 Å². The molecule has 0 unspecified atom stereocenters. The van der Waals surface area contributed by atoms with E-state index in [0.29, 0.717) is 18.4 Å². The molecule has 0 bridgehead atoms. The number of hydrogen-bond acceptors (Lipinski definition) is 3. The number of carbonyl (C=O) groups is 1. The Labute approximate surface area is 113 Å². The number of aliphatic carboxylic acids is 1. The number of allylic oxidation sites excluding steroid dienone is 1. The Bertz CT molecular complexity index is 483. The van der Waals surface area contributed by atoms with Gasteiger partial charge < -0.3 is 15.3 Å². The zero-order valence-corrected chi connectivity index (χ0v) is 11.6. The standard InChI is InChI=1S/C15H22O4/c1-9-10(12(17)18)7-13(2)4-3-11-14(19,8-16)5-6-15(9,11)13/h11,16,19H,3-8H2,1-2H3,(H,17,18)/t11-,13-,14+,15-/m0/s1. The molecule has 3 aliphatic carbocycles. The van der Waals surface area contributed by atoms with E-state index in [0.717, 1.165) is 24.8 Å². The lowest BCUT2D eigenvalue weighted by Crippen LogP contribution is -2.43. The van der Waals surface area contributed by atoms with E-state index in [4.69, 9.17) is 0 Å². The first-order valence-corrected chi connectivity index (χ1v) is 7.07. The van der Waals surface area contributed by atoms with Crippen LogP contribution >= 0.6 is 0 Å². The van der Waals surface area contributed by atoms with E-state index in [-0.39, 0.29) is 23.4 Å². The van der Waals surface area contributed by atoms with Crippen LogP contribution in [0.2, 0.25) is 0 Å². The molecule has 0 aromatic rings. The largest absolute Gasteiger partial charge is 0.478 e. The lowest BCUT2D eigenvalue weighted by Gasteiger charge is -2.41. The van der Waals surface area contributed by atoms with Crippen LogP contribution in [0.3, 0.4) is 0 Å². The maximum absolute atomic E-state index is 11.4. The fraction of sp³-hybridized carbons (Fsp3) is 0.800. The topological polar surface area (TPSA) is 77.8 Å². The maximum Gasteiger partial charge on any atom is 0.331 e. The van der Waals surface area contributed by atoms with Crippen LogP contribution in [-0.4, -0.2) is 33.5 Å². The highest BCUT2D eigenvalue weighted by Gasteiger charge is 2.70. The Balaban J connectivity index is 2.14. The molecule has 4 nitrogen and oxygen atoms in total. The molecule has 0 aliphatic heterocycles. The van der Waals surface area contributed by atoms with Crippen LogP contribution < -0.4 is 0 Å². The molecular weight excluding hydrogens is 244 g/mol. The van der Waals surface area contributed by atoms with E-state index < -0.39 is 11.6 Å². The average Bonchev–Trinajstić information content (AvgIpc) is 2.89. The molecule has 4 atom stereocenters. The summed E-state index contributed by atoms with van der Waals surface area (Å²) in [6.45, 7) is 3.87. The van der Waals surface area contributed by atoms with Gasteiger partial charge in [0, 0.05) is 11.0 Å². The Kier molecular flexibility index (Phi) is 2.50. The van der Waals surface area contributed by atoms with E-state index in [1.165, 1.54) is 0 Å². The molecule has 0 saturated heterocycles. The van der Waals surface area contributed by atoms with Gasteiger partial charge >= 0.3 is 5.97 Å². The number of hydrogen-bond donors (Lipinski definition) is 3. The lowest BCUT2D eigenvalue weighted by atomic mass is 9.62. The monoisotopic (exact) mass is 266 g/mol. The van der Waals surface area contributed by atoms with Crippen LogP contribution in [-0.2, 0) is 4.79 Å². The minimum absolute atomic E-state index is 0.00634. The molecule has 3 aliphatic rings. The van der Waals surface area contributed by atoms with Crippen molar-refractivity contribution in [2.75, 3.05) is 6.61 Å². The Morgan fingerprint density at radius 2 is 2.05 bits per heavy atom. The van der Waals surface area contributed by atoms with Crippen molar-refractivity contribution < 1.29 is 20.1 Å². The Morgan fingerprint density at radius 3 is 2.63 bits per heavy atom. The minimum atomic E-state index is -1.02. The summed E-state index contributed by atoms with van der Waals surface area (Å²) in [5, 5.41) is 29.6. The highest BCUT2D eigenvalue weighted by Crippen LogP contribution is 2.74. The second-order valence-electron chi connectivity index (χ2n) is 6.97. The van der Waals surface area contributed by atoms with Crippen molar-refractivity contribution in [1.29, 1.82) is 0 Å². The lowest BCUT2D eigenvalue weighted by molar-refractivity contribution is -0.132. The van der Waals surface area contributed by atoms with Gasteiger partial charge in [0.1, 0.15) is 0 Å². The minimum Gasteiger partial charge on any atom is -0.478 e. The maximum atomic E-state index is 11.4. The fourth-order valence-electron chi connectivity index (χ4n) is 5.51. The van der Waals surface area contributed by atoms with Crippen molar-refractivity contribution >= 4 is 5.97 Å². The Morgan fingerprint density at radius 1 is 1.37 bits per heavy atom. The molecule has 3 rings (SSSR count). The van der Waals surface area contributed by atoms with Crippen LogP contribution in [0.4, 0.5) is 0 Å². The highest BCUT2D eigenvalue weighted by molar-refractivity contribution is 5.89. The van der Waals surface area contributed by atoms with E-state index in [1.54, 1.807) is 0 Å². The van der Waals surface area contributed by atoms with Crippen LogP contribution in [0.1, 0.15) is 46.0 Å². The van der Waals surface area contributed by atoms with Gasteiger partial charge in [-0.15, -0.1) is 0 Å². The highest BCUT2D eigenvalue weighted by atomic mass is 16.4. The molecule has 0 aromatic heterocycles. The van der Waals surface area contributed by atoms with Crippen molar-refractivity contribution in [2.24, 2.45) is 16.7 Å². The summed E-state index contributed by atoms with van der Waals surface area (Å²) in [6.07, 6.45) is 3.81. The summed E-state index contributed by atoms with van der Waals surface area (Å²) in [7, 11) is 0. The van der Waals surface area contributed by atoms with Gasteiger partial charge in [-0.1, -0.05) is 12.5 Å². The smallest absolute Gasteiger partial charge is 0.331 e. The SMILES string of the molecule is CC1=C(C(=O)O)C[C@]2(C)CC[C@H]3[C@](O)(CO)CC[C@]132. The predicted octanol–water partition coefficient (Wildman–Crippen LogP) is 1.71. The van der Waals surface area contributed by atoms with Gasteiger partial charge in [0.2, 0.25) is 0 Å². The van der Waals surface area contributed by atoms with E-state index in [9.17, 15) is 20.1 Å². The fourth-order valence-corrected chi connectivity index (χ4v) is 5.51. The third-order valence-corrected chi connectivity index (χ3v) is 6.48. The first kappa shape index (κ1) is 13.1. The van der Waals surface area contributed by atoms with Gasteiger partial charge in [-0.2, -0.15) is 0 Å². The van der Waals surface area contributed by atoms with E-state index >= 15 is 0 Å². The van der Waals surface area contributed by atoms with Gasteiger partial charge in [0.15, 0.2) is 0 Å². The van der Waals surface area contributed by atoms with Crippen LogP contribution in [0, 0.1) is 16.7 Å². The third-order valence-electron chi connectivity index (χ3n) is 6.48. The molecule has 19 heavy (non-hydrogen) atoms. The van der Waals surface area contributed by atoms with E-state index in [1.807, 2.05) is 6.92 Å². The first-order valence-electron chi connectivity index (χ1n) is 7.07. The van der Waals surface area contributed by atoms with Crippen LogP contribution in [0.25, 0.3) is 0 Å². The summed E-state index contributed by atoms with van der Waals surface area (Å²) >= 11 is 0. The Hall–Kier alpha value is -0.870. The number of rotatable bonds is 2. The third kappa shape index (κ3) is 1.29. The molecule has 106 valence electrons. The molecule has 4 heteroatoms. The summed E-state index contributed by atoms with van der Waals surface area (Å²) in [4.78, 5) is 11.4. The summed E-state index contributed by atoms with van der Waals surface area (Å²) < 4.78 is 0. The van der Waals surface area contributed by atoms with Gasteiger partial charge in [0.25, 0.3) is 0 Å². The van der Waals surface area contributed by atoms with Crippen LogP contribution in [0.15, 0.2) is 11.1 Å². The van der Waals surface area contributed by atoms with Crippen molar-refractivity contribution in [1.82, 2.24) is 0 Å². The average molecular weight is 266 g/mol. The van der Waals surface area contributed by atoms with Crippen molar-refractivity contribution in [3.63, 3.8) is 0 Å². The second kappa shape index (κ2) is 3.61. The molecule has 0 aromatic carbocycles. The van der Waals surface area contributed by atoms with Crippen molar-refractivity contribution in [3.05, 3.63) is 11.1 Å². The van der Waals surface area contributed by atoms with Crippen molar-refractivity contribution in [2.45, 2.75) is 51.6 Å². The number of carboxylic acids is 1. The quantitative estimate of drug-likeness (QED) is 0.711. The van der Waals surface area contributed by atoms with Crippen LogP contribution in [0.5, 0.6) is 0 Å². The number of aliphatic hydroxyl groups excluding tert-OH is 1. The molecule has 2 fully saturated rings. The molecule has 0 heterocycles. The summed E-state index contributed by atoms with van der Waals surface area (Å²) in [5.74, 6) is -0.812. The molecule has 2 saturated carbocycles. The molecule has 0 radical (unpaired) electrons. The number of aliphatic hydroxyl groups is 2. The molecule has 3 N–H and O–H groups in total. The zero-order chi connectivity index (χ0) is 14.1. The zero-order valence-electron chi connectivity index (χ0n) is 11.6. The van der Waals surface area contributed by atoms with Gasteiger partial charge in [-0.25, -0.2) is 4.79 Å². The summed E-state index contributed by atoms with van der Waals surface area (Å²) in [6, 6.07) is 0. The first-order chi connectivity index (χ1) is 8.81. The molecular formula is C15H22O4. The molecule has 1 spiro atoms. The van der Waals surface area contributed by atoms with Crippen molar-refractivity contribution in [3.8, 4) is 0 Å². The normalized spacial score (nSPS) is 48.5. The molecule has 0 amide bonds. The van der Waals surface area contributed by atoms with E-state index in [2.05, 4.69) is 6.92 Å². The summed E-state index contributed by atoms with van der Waals surface area (Å²) in [5.41, 5.74) is 0.198. The van der Waals surface area contributed by atoms with Gasteiger partial charge in [-0.3, -0.25) is 0 Å². The van der Waals surface area contributed by atoms with Gasteiger partial charge in [0.05, 0.1) is 12.2 Å².